The van der Waals surface area contributed by atoms with Crippen LogP contribution in [0.1, 0.15) is 0 Å². The van der Waals surface area contributed by atoms with E-state index < -0.39 is 7.80 Å². The van der Waals surface area contributed by atoms with Crippen LogP contribution in [0.5, 0.6) is 0 Å². The molecule has 0 heterocycles. The Labute approximate surface area is 34.0 Å². The molecule has 0 spiro atoms. The first-order valence-corrected chi connectivity index (χ1v) is 3.88. The van der Waals surface area contributed by atoms with Crippen LogP contribution in [0.4, 0.5) is 0 Å². The van der Waals surface area contributed by atoms with Gasteiger partial charge in [-0.05, 0) is 12.7 Å². The van der Waals surface area contributed by atoms with Crippen LogP contribution in [0.2, 0.25) is 0 Å². The third kappa shape index (κ3) is 4.29. The molecule has 0 aliphatic heterocycles. The van der Waals surface area contributed by atoms with E-state index in [-0.39, 0.29) is 0 Å². The summed E-state index contributed by atoms with van der Waals surface area (Å²) in [5.74, 6) is 0. The van der Waals surface area contributed by atoms with Crippen molar-refractivity contribution in [2.24, 2.45) is 0 Å². The maximum Gasteiger partial charge on any atom is 0.110 e. The first-order chi connectivity index (χ1) is 2.27. The zero-order valence-electron chi connectivity index (χ0n) is 3.62. The van der Waals surface area contributed by atoms with Crippen LogP contribution in [0.15, 0.2) is 0 Å². The lowest BCUT2D eigenvalue weighted by molar-refractivity contribution is 0.593. The van der Waals surface area contributed by atoms with Crippen molar-refractivity contribution in [3.8, 4) is 0 Å². The van der Waals surface area contributed by atoms with Crippen molar-refractivity contribution in [1.29, 1.82) is 0 Å². The molecule has 1 unspecified atom stereocenters. The monoisotopic (exact) mass is 90.0 g/mol. The average molecular weight is 89.9 g/mol. The summed E-state index contributed by atoms with van der Waals surface area (Å²) >= 11 is 0. The number of hydrogen-bond donors (Lipinski definition) is 0. The van der Waals surface area contributed by atoms with Gasteiger partial charge < -0.3 is 4.57 Å². The van der Waals surface area contributed by atoms with Crippen molar-refractivity contribution >= 4 is 15.6 Å². The minimum atomic E-state index is -1.12. The van der Waals surface area contributed by atoms with Gasteiger partial charge >= 0.3 is 0 Å². The van der Waals surface area contributed by atoms with Gasteiger partial charge in [0.2, 0.25) is 0 Å². The number of hydrogen-bond acceptors (Lipinski definition) is 1. The van der Waals surface area contributed by atoms with Gasteiger partial charge in [0.25, 0.3) is 0 Å². The molecule has 0 N–H and O–H groups in total. The number of rotatable bonds is 1. The van der Waals surface area contributed by atoms with Crippen molar-refractivity contribution in [3.63, 3.8) is 0 Å². The summed E-state index contributed by atoms with van der Waals surface area (Å²) in [6.07, 6.45) is 0. The first kappa shape index (κ1) is 5.29. The van der Waals surface area contributed by atoms with Crippen molar-refractivity contribution in [2.45, 2.75) is 0 Å². The van der Waals surface area contributed by atoms with Gasteiger partial charge in [-0.3, -0.25) is 0 Å². The van der Waals surface area contributed by atoms with E-state index >= 15 is 0 Å². The van der Waals surface area contributed by atoms with Crippen LogP contribution in [-0.4, -0.2) is 20.6 Å². The fourth-order valence-corrected chi connectivity index (χ4v) is 0. The van der Waals surface area contributed by atoms with Gasteiger partial charge in [0.1, 0.15) is 7.85 Å². The summed E-state index contributed by atoms with van der Waals surface area (Å²) in [5, 5.41) is 0. The molecule has 0 amide bonds. The standard InChI is InChI=1S/C2H8BOP/c1-5(4)2-3/h5H,2-3H2,1H3. The maximum absolute atomic E-state index is 10.00. The summed E-state index contributed by atoms with van der Waals surface area (Å²) in [6, 6.07) is 0.852. The third-order valence-corrected chi connectivity index (χ3v) is 1.49. The van der Waals surface area contributed by atoms with Gasteiger partial charge in [-0.1, -0.05) is 0 Å². The van der Waals surface area contributed by atoms with Crippen molar-refractivity contribution in [3.05, 3.63) is 0 Å². The lowest BCUT2D eigenvalue weighted by atomic mass is 10.2. The molecule has 5 heavy (non-hydrogen) atoms. The van der Waals surface area contributed by atoms with Crippen LogP contribution in [-0.2, 0) is 4.57 Å². The molecule has 3 heteroatoms. The van der Waals surface area contributed by atoms with Crippen molar-refractivity contribution < 1.29 is 4.57 Å². The molecule has 0 aromatic rings. The summed E-state index contributed by atoms with van der Waals surface area (Å²) in [6.45, 7) is 1.77. The van der Waals surface area contributed by atoms with Crippen LogP contribution < -0.4 is 0 Å². The SMILES string of the molecule is BC[PH](C)=O. The molecule has 0 aromatic carbocycles. The second-order valence-electron chi connectivity index (χ2n) is 1.06. The normalized spacial score (nSPS) is 14.6. The van der Waals surface area contributed by atoms with E-state index in [0.29, 0.717) is 0 Å². The highest BCUT2D eigenvalue weighted by atomic mass is 31.1. The van der Waals surface area contributed by atoms with Crippen molar-refractivity contribution in [1.82, 2.24) is 0 Å². The van der Waals surface area contributed by atoms with E-state index in [1.165, 1.54) is 0 Å². The van der Waals surface area contributed by atoms with Gasteiger partial charge in [-0.15, -0.1) is 0 Å². The molecular formula is C2H8BOP. The third-order valence-electron chi connectivity index (χ3n) is 0.498. The predicted octanol–water partition coefficient (Wildman–Crippen LogP) is -0.234. The Kier molecular flexibility index (Phi) is 2.68. The predicted molar refractivity (Wildman–Crippen MR) is 28.3 cm³/mol. The zero-order valence-corrected chi connectivity index (χ0v) is 4.62. The second kappa shape index (κ2) is 2.53. The molecular weight excluding hydrogens is 81.8 g/mol. The summed E-state index contributed by atoms with van der Waals surface area (Å²) in [7, 11) is 0.808. The van der Waals surface area contributed by atoms with Crippen LogP contribution in [0.25, 0.3) is 0 Å². The molecule has 0 bridgehead atoms. The maximum atomic E-state index is 10.00. The van der Waals surface area contributed by atoms with Crippen LogP contribution >= 0.6 is 7.80 Å². The molecule has 0 radical (unpaired) electrons. The summed E-state index contributed by atoms with van der Waals surface area (Å²) in [5.41, 5.74) is 0. The van der Waals surface area contributed by atoms with Gasteiger partial charge in [0.05, 0.1) is 7.80 Å². The molecule has 0 fully saturated rings. The highest BCUT2D eigenvalue weighted by molar-refractivity contribution is 7.45. The molecule has 0 aromatic heterocycles. The molecule has 0 rings (SSSR count). The summed E-state index contributed by atoms with van der Waals surface area (Å²) < 4.78 is 10.00. The molecule has 0 saturated heterocycles. The molecule has 30 valence electrons. The Hall–Kier alpha value is 0.295. The molecule has 0 saturated carbocycles. The average Bonchev–Trinajstić information content (AvgIpc) is 1.38. The second-order valence-corrected chi connectivity index (χ2v) is 3.17. The van der Waals surface area contributed by atoms with Gasteiger partial charge in [-0.25, -0.2) is 0 Å². The quantitative estimate of drug-likeness (QED) is 0.321. The van der Waals surface area contributed by atoms with Crippen LogP contribution in [0.3, 0.4) is 0 Å². The fourth-order valence-electron chi connectivity index (χ4n) is 0. The fraction of sp³-hybridized carbons (Fsp3) is 1.00. The highest BCUT2D eigenvalue weighted by Crippen LogP contribution is 2.07. The Morgan fingerprint density at radius 3 is 2.20 bits per heavy atom. The summed E-state index contributed by atoms with van der Waals surface area (Å²) in [4.78, 5) is 0. The van der Waals surface area contributed by atoms with E-state index in [9.17, 15) is 4.57 Å². The molecule has 0 aliphatic carbocycles. The van der Waals surface area contributed by atoms with E-state index in [0.717, 1.165) is 6.06 Å². The minimum absolute atomic E-state index is 0.852. The zero-order chi connectivity index (χ0) is 4.28. The molecule has 1 nitrogen and oxygen atoms in total. The van der Waals surface area contributed by atoms with Crippen LogP contribution in [0, 0.1) is 0 Å². The van der Waals surface area contributed by atoms with Gasteiger partial charge in [-0.2, -0.15) is 0 Å². The minimum Gasteiger partial charge on any atom is -0.328 e. The van der Waals surface area contributed by atoms with Gasteiger partial charge in [0.15, 0.2) is 0 Å². The Balaban J connectivity index is 2.85. The highest BCUT2D eigenvalue weighted by Gasteiger charge is 1.74. The van der Waals surface area contributed by atoms with E-state index in [1.54, 1.807) is 6.66 Å². The molecule has 1 atom stereocenters. The van der Waals surface area contributed by atoms with Crippen molar-refractivity contribution in [2.75, 3.05) is 12.7 Å². The van der Waals surface area contributed by atoms with Gasteiger partial charge in [0, 0.05) is 0 Å². The van der Waals surface area contributed by atoms with E-state index in [4.69, 9.17) is 0 Å². The lowest BCUT2D eigenvalue weighted by Crippen LogP contribution is -1.65. The lowest BCUT2D eigenvalue weighted by Gasteiger charge is -1.73. The Morgan fingerprint density at radius 1 is 2.00 bits per heavy atom. The van der Waals surface area contributed by atoms with E-state index in [2.05, 4.69) is 0 Å². The Morgan fingerprint density at radius 2 is 2.20 bits per heavy atom. The molecule has 0 aliphatic rings. The van der Waals surface area contributed by atoms with E-state index in [1.807, 2.05) is 7.85 Å². The largest absolute Gasteiger partial charge is 0.328 e. The smallest absolute Gasteiger partial charge is 0.110 e. The first-order valence-electron chi connectivity index (χ1n) is 1.76. The topological polar surface area (TPSA) is 17.1 Å². The Bertz CT molecular complexity index is 44.9.